The number of nitrogens with zero attached hydrogens (tertiary/aromatic N) is 3. The molecule has 168 valence electrons. The van der Waals surface area contributed by atoms with Crippen molar-refractivity contribution in [2.75, 3.05) is 0 Å². The zero-order chi connectivity index (χ0) is 24.0. The highest BCUT2D eigenvalue weighted by Gasteiger charge is 2.19. The molecule has 0 fully saturated rings. The van der Waals surface area contributed by atoms with E-state index in [1.807, 2.05) is 6.92 Å². The van der Waals surface area contributed by atoms with Crippen LogP contribution in [0.25, 0.3) is 16.7 Å². The SMILES string of the molecule is Cc1c(Br)ccc(-n2c(O)c(C=Nc3cc4[nH]c(=O)[nH]c4cc3[N+](=O)[O-])c(=O)[nH]c2=O)c1C. The standard InChI is InChI=1S/C20H15BrN6O6/c1-8-9(2)15(4-3-11(8)21)26-18(29)10(17(28)25-20(26)31)7-22-14-5-12-13(24-19(30)23-12)6-16(14)27(32)33/h3-7,29H,1-2H3,(H2,23,24,30)(H,25,28,31). The predicted octanol–water partition coefficient (Wildman–Crippen LogP) is 2.44. The Labute approximate surface area is 191 Å². The van der Waals surface area contributed by atoms with Gasteiger partial charge in [0.15, 0.2) is 0 Å². The maximum atomic E-state index is 12.5. The molecule has 4 N–H and O–H groups in total. The number of hydrogen-bond donors (Lipinski definition) is 4. The number of hydrogen-bond acceptors (Lipinski definition) is 7. The molecule has 0 unspecified atom stereocenters. The summed E-state index contributed by atoms with van der Waals surface area (Å²) in [5.41, 5.74) is -1.02. The second-order valence-electron chi connectivity index (χ2n) is 7.13. The quantitative estimate of drug-likeness (QED) is 0.184. The minimum absolute atomic E-state index is 0.171. The third-order valence-electron chi connectivity index (χ3n) is 5.19. The van der Waals surface area contributed by atoms with Crippen LogP contribution in [-0.4, -0.2) is 35.8 Å². The number of nitro benzene ring substituents is 1. The molecule has 2 aromatic heterocycles. The van der Waals surface area contributed by atoms with Crippen molar-refractivity contribution < 1.29 is 10.0 Å². The second kappa shape index (κ2) is 8.02. The van der Waals surface area contributed by atoms with Crippen LogP contribution in [-0.2, 0) is 0 Å². The molecule has 4 rings (SSSR count). The maximum Gasteiger partial charge on any atom is 0.335 e. The molecule has 12 nitrogen and oxygen atoms in total. The number of rotatable bonds is 4. The van der Waals surface area contributed by atoms with Gasteiger partial charge >= 0.3 is 11.4 Å². The molecule has 2 aromatic carbocycles. The molecule has 33 heavy (non-hydrogen) atoms. The molecule has 0 saturated carbocycles. The van der Waals surface area contributed by atoms with Crippen LogP contribution in [0, 0.1) is 24.0 Å². The molecular weight excluding hydrogens is 500 g/mol. The van der Waals surface area contributed by atoms with Gasteiger partial charge in [0.1, 0.15) is 11.3 Å². The van der Waals surface area contributed by atoms with E-state index < -0.39 is 33.4 Å². The van der Waals surface area contributed by atoms with Crippen LogP contribution in [0.1, 0.15) is 16.7 Å². The average Bonchev–Trinajstić information content (AvgIpc) is 3.11. The molecular formula is C20H15BrN6O6. The van der Waals surface area contributed by atoms with Gasteiger partial charge in [-0.2, -0.15) is 0 Å². The fraction of sp³-hybridized carbons (Fsp3) is 0.100. The third kappa shape index (κ3) is 3.78. The molecule has 0 aliphatic rings. The van der Waals surface area contributed by atoms with Gasteiger partial charge < -0.3 is 15.1 Å². The first-order valence-electron chi connectivity index (χ1n) is 9.37. The van der Waals surface area contributed by atoms with Gasteiger partial charge in [-0.15, -0.1) is 0 Å². The first-order chi connectivity index (χ1) is 15.6. The molecule has 13 heteroatoms. The second-order valence-corrected chi connectivity index (χ2v) is 7.98. The first kappa shape index (κ1) is 22.0. The van der Waals surface area contributed by atoms with Crippen molar-refractivity contribution in [1.29, 1.82) is 0 Å². The summed E-state index contributed by atoms with van der Waals surface area (Å²) in [6, 6.07) is 5.66. The minimum Gasteiger partial charge on any atom is -0.493 e. The van der Waals surface area contributed by atoms with Gasteiger partial charge in [0, 0.05) is 16.8 Å². The van der Waals surface area contributed by atoms with E-state index in [0.29, 0.717) is 11.3 Å². The molecule has 0 atom stereocenters. The Morgan fingerprint density at radius 1 is 1.09 bits per heavy atom. The third-order valence-corrected chi connectivity index (χ3v) is 6.05. The normalized spacial score (nSPS) is 11.5. The summed E-state index contributed by atoms with van der Waals surface area (Å²) in [5.74, 6) is -0.684. The number of benzene rings is 2. The van der Waals surface area contributed by atoms with Crippen LogP contribution in [0.3, 0.4) is 0 Å². The summed E-state index contributed by atoms with van der Waals surface area (Å²) >= 11 is 3.40. The van der Waals surface area contributed by atoms with Crippen molar-refractivity contribution in [3.05, 3.63) is 86.9 Å². The lowest BCUT2D eigenvalue weighted by Crippen LogP contribution is -2.31. The topological polar surface area (TPSA) is 179 Å². The van der Waals surface area contributed by atoms with Gasteiger partial charge in [-0.25, -0.2) is 19.1 Å². The number of nitro groups is 1. The van der Waals surface area contributed by atoms with Gasteiger partial charge in [0.2, 0.25) is 5.88 Å². The number of nitrogens with one attached hydrogen (secondary N) is 3. The maximum absolute atomic E-state index is 12.5. The summed E-state index contributed by atoms with van der Waals surface area (Å²) in [6.45, 7) is 3.57. The Morgan fingerprint density at radius 2 is 1.76 bits per heavy atom. The highest BCUT2D eigenvalue weighted by molar-refractivity contribution is 9.10. The molecule has 2 heterocycles. The van der Waals surface area contributed by atoms with E-state index >= 15 is 0 Å². The van der Waals surface area contributed by atoms with Crippen LogP contribution in [0.2, 0.25) is 0 Å². The molecule has 0 saturated heterocycles. The zero-order valence-corrected chi connectivity index (χ0v) is 18.7. The van der Waals surface area contributed by atoms with Crippen LogP contribution >= 0.6 is 15.9 Å². The lowest BCUT2D eigenvalue weighted by Gasteiger charge is -2.14. The molecule has 0 amide bonds. The number of H-pyrrole nitrogens is 3. The summed E-state index contributed by atoms with van der Waals surface area (Å²) in [7, 11) is 0. The Balaban J connectivity index is 1.91. The summed E-state index contributed by atoms with van der Waals surface area (Å²) < 4.78 is 1.71. The van der Waals surface area contributed by atoms with Gasteiger partial charge in [-0.05, 0) is 43.2 Å². The highest BCUT2D eigenvalue weighted by atomic mass is 79.9. The number of fused-ring (bicyclic) bond motifs is 1. The number of aromatic nitrogens is 4. The molecule has 0 aliphatic heterocycles. The van der Waals surface area contributed by atoms with Crippen LogP contribution in [0.4, 0.5) is 11.4 Å². The van der Waals surface area contributed by atoms with Gasteiger partial charge in [0.25, 0.3) is 11.2 Å². The van der Waals surface area contributed by atoms with E-state index in [1.165, 1.54) is 6.07 Å². The molecule has 0 aliphatic carbocycles. The van der Waals surface area contributed by atoms with E-state index in [2.05, 4.69) is 35.9 Å². The summed E-state index contributed by atoms with van der Waals surface area (Å²) in [5, 5.41) is 22.2. The monoisotopic (exact) mass is 514 g/mol. The average molecular weight is 515 g/mol. The van der Waals surface area contributed by atoms with Crippen molar-refractivity contribution in [3.63, 3.8) is 0 Å². The van der Waals surface area contributed by atoms with E-state index in [9.17, 15) is 29.6 Å². The van der Waals surface area contributed by atoms with Crippen molar-refractivity contribution in [1.82, 2.24) is 19.5 Å². The van der Waals surface area contributed by atoms with Crippen LogP contribution in [0.5, 0.6) is 5.88 Å². The van der Waals surface area contributed by atoms with Gasteiger partial charge in [0.05, 0.1) is 21.6 Å². The Hall–Kier alpha value is -4.26. The lowest BCUT2D eigenvalue weighted by atomic mass is 10.1. The number of aliphatic imine (C=N–C) groups is 1. The van der Waals surface area contributed by atoms with E-state index in [1.54, 1.807) is 19.1 Å². The number of imidazole rings is 1. The number of aromatic amines is 3. The zero-order valence-electron chi connectivity index (χ0n) is 17.1. The smallest absolute Gasteiger partial charge is 0.335 e. The van der Waals surface area contributed by atoms with E-state index in [0.717, 1.165) is 26.9 Å². The minimum atomic E-state index is -0.928. The van der Waals surface area contributed by atoms with Crippen molar-refractivity contribution in [2.45, 2.75) is 13.8 Å². The molecule has 0 bridgehead atoms. The fourth-order valence-electron chi connectivity index (χ4n) is 3.34. The van der Waals surface area contributed by atoms with E-state index in [4.69, 9.17) is 0 Å². The molecule has 0 spiro atoms. The Bertz CT molecular complexity index is 1660. The van der Waals surface area contributed by atoms with Crippen molar-refractivity contribution in [3.8, 4) is 11.6 Å². The Morgan fingerprint density at radius 3 is 2.42 bits per heavy atom. The van der Waals surface area contributed by atoms with Gasteiger partial charge in [-0.3, -0.25) is 19.9 Å². The molecule has 4 aromatic rings. The lowest BCUT2D eigenvalue weighted by molar-refractivity contribution is -0.383. The van der Waals surface area contributed by atoms with Crippen molar-refractivity contribution in [2.24, 2.45) is 4.99 Å². The van der Waals surface area contributed by atoms with Crippen LogP contribution in [0.15, 0.2) is 48.1 Å². The fourth-order valence-corrected chi connectivity index (χ4v) is 3.77. The predicted molar refractivity (Wildman–Crippen MR) is 124 cm³/mol. The number of halogens is 1. The van der Waals surface area contributed by atoms with E-state index in [-0.39, 0.29) is 22.3 Å². The molecule has 0 radical (unpaired) electrons. The van der Waals surface area contributed by atoms with Crippen molar-refractivity contribution >= 4 is 44.6 Å². The highest BCUT2D eigenvalue weighted by Crippen LogP contribution is 2.31. The first-order valence-corrected chi connectivity index (χ1v) is 10.2. The van der Waals surface area contributed by atoms with Gasteiger partial charge in [-0.1, -0.05) is 15.9 Å². The summed E-state index contributed by atoms with van der Waals surface area (Å²) in [4.78, 5) is 58.1. The Kier molecular flexibility index (Phi) is 5.33. The largest absolute Gasteiger partial charge is 0.493 e. The summed E-state index contributed by atoms with van der Waals surface area (Å²) in [6.07, 6.45) is 0.921. The van der Waals surface area contributed by atoms with Crippen LogP contribution < -0.4 is 16.9 Å². The number of aromatic hydroxyl groups is 1.